The van der Waals surface area contributed by atoms with Crippen molar-refractivity contribution in [2.45, 2.75) is 51.8 Å². The fourth-order valence-electron chi connectivity index (χ4n) is 3.19. The molecule has 0 saturated carbocycles. The van der Waals surface area contributed by atoms with Gasteiger partial charge < -0.3 is 14.4 Å². The molecular formula is C20H26N2O6S. The summed E-state index contributed by atoms with van der Waals surface area (Å²) in [6.45, 7) is 4.79. The zero-order valence-electron chi connectivity index (χ0n) is 16.8. The fraction of sp³-hybridized carbons (Fsp3) is 0.550. The van der Waals surface area contributed by atoms with E-state index in [-0.39, 0.29) is 17.5 Å². The summed E-state index contributed by atoms with van der Waals surface area (Å²) in [7, 11) is -3.14. The number of nitriles is 1. The number of ether oxygens (including phenoxy) is 2. The third kappa shape index (κ3) is 6.19. The predicted octanol–water partition coefficient (Wildman–Crippen LogP) is 1.68. The standard InChI is InChI=1S/C20H26N2O6S/c1-4-14(2)22(17-9-10-29(25,26)13-17)19(23)12-27-20(24)15(3)28-18-7-5-16(11-21)6-8-18/h5-8,14-15,17H,4,9-10,12-13H2,1-3H3/t14-,15+,17-/m0/s1. The third-order valence-corrected chi connectivity index (χ3v) is 6.67. The van der Waals surface area contributed by atoms with Crippen molar-refractivity contribution in [3.8, 4) is 11.8 Å². The van der Waals surface area contributed by atoms with E-state index in [1.54, 1.807) is 24.3 Å². The van der Waals surface area contributed by atoms with Gasteiger partial charge in [0.15, 0.2) is 22.5 Å². The third-order valence-electron chi connectivity index (χ3n) is 4.92. The number of hydrogen-bond acceptors (Lipinski definition) is 7. The van der Waals surface area contributed by atoms with Crippen molar-refractivity contribution in [1.29, 1.82) is 5.26 Å². The first-order valence-electron chi connectivity index (χ1n) is 9.52. The highest BCUT2D eigenvalue weighted by Crippen LogP contribution is 2.21. The molecule has 0 unspecified atom stereocenters. The summed E-state index contributed by atoms with van der Waals surface area (Å²) in [5.74, 6) is -0.717. The molecule has 1 amide bonds. The summed E-state index contributed by atoms with van der Waals surface area (Å²) < 4.78 is 34.2. The molecule has 8 nitrogen and oxygen atoms in total. The SMILES string of the molecule is CC[C@H](C)N(C(=O)COC(=O)[C@@H](C)Oc1ccc(C#N)cc1)[C@H]1CCS(=O)(=O)C1. The van der Waals surface area contributed by atoms with Gasteiger partial charge in [-0.2, -0.15) is 5.26 Å². The average Bonchev–Trinajstić information content (AvgIpc) is 3.05. The van der Waals surface area contributed by atoms with E-state index in [0.717, 1.165) is 0 Å². The van der Waals surface area contributed by atoms with Crippen LogP contribution in [0.15, 0.2) is 24.3 Å². The number of benzene rings is 1. The Kier molecular flexibility index (Phi) is 7.62. The van der Waals surface area contributed by atoms with Crippen LogP contribution in [0.1, 0.15) is 39.2 Å². The van der Waals surface area contributed by atoms with Crippen molar-refractivity contribution in [3.63, 3.8) is 0 Å². The molecule has 1 fully saturated rings. The minimum Gasteiger partial charge on any atom is -0.479 e. The van der Waals surface area contributed by atoms with Crippen molar-refractivity contribution >= 4 is 21.7 Å². The van der Waals surface area contributed by atoms with E-state index in [0.29, 0.717) is 24.2 Å². The molecule has 0 aromatic heterocycles. The van der Waals surface area contributed by atoms with Crippen LogP contribution in [-0.2, 0) is 24.2 Å². The maximum absolute atomic E-state index is 12.7. The van der Waals surface area contributed by atoms with Crippen LogP contribution in [0.3, 0.4) is 0 Å². The first-order valence-corrected chi connectivity index (χ1v) is 11.3. The number of esters is 1. The molecule has 29 heavy (non-hydrogen) atoms. The highest BCUT2D eigenvalue weighted by molar-refractivity contribution is 7.91. The van der Waals surface area contributed by atoms with Gasteiger partial charge in [-0.25, -0.2) is 13.2 Å². The van der Waals surface area contributed by atoms with Crippen molar-refractivity contribution in [3.05, 3.63) is 29.8 Å². The Bertz CT molecular complexity index is 875. The number of carbonyl (C=O) groups excluding carboxylic acids is 2. The highest BCUT2D eigenvalue weighted by Gasteiger charge is 2.37. The molecule has 1 saturated heterocycles. The van der Waals surface area contributed by atoms with Gasteiger partial charge in [-0.05, 0) is 51.0 Å². The second-order valence-corrected chi connectivity index (χ2v) is 9.35. The number of amides is 1. The van der Waals surface area contributed by atoms with Gasteiger partial charge in [0.1, 0.15) is 5.75 Å². The molecule has 2 rings (SSSR count). The second-order valence-electron chi connectivity index (χ2n) is 7.12. The number of rotatable bonds is 8. The van der Waals surface area contributed by atoms with Gasteiger partial charge >= 0.3 is 5.97 Å². The van der Waals surface area contributed by atoms with Crippen LogP contribution >= 0.6 is 0 Å². The van der Waals surface area contributed by atoms with Crippen LogP contribution in [-0.4, -0.2) is 61.5 Å². The van der Waals surface area contributed by atoms with Crippen LogP contribution in [0.25, 0.3) is 0 Å². The van der Waals surface area contributed by atoms with Crippen LogP contribution in [0.2, 0.25) is 0 Å². The summed E-state index contributed by atoms with van der Waals surface area (Å²) >= 11 is 0. The van der Waals surface area contributed by atoms with Gasteiger partial charge in [0.05, 0.1) is 23.1 Å². The predicted molar refractivity (Wildman–Crippen MR) is 106 cm³/mol. The molecule has 0 bridgehead atoms. The van der Waals surface area contributed by atoms with E-state index in [2.05, 4.69) is 0 Å². The maximum atomic E-state index is 12.7. The first kappa shape index (κ1) is 22.7. The second kappa shape index (κ2) is 9.74. The Morgan fingerprint density at radius 2 is 1.93 bits per heavy atom. The van der Waals surface area contributed by atoms with E-state index in [4.69, 9.17) is 14.7 Å². The van der Waals surface area contributed by atoms with Gasteiger partial charge in [0.25, 0.3) is 5.91 Å². The maximum Gasteiger partial charge on any atom is 0.347 e. The van der Waals surface area contributed by atoms with Crippen molar-refractivity contribution in [2.24, 2.45) is 0 Å². The molecule has 0 N–H and O–H groups in total. The summed E-state index contributed by atoms with van der Waals surface area (Å²) in [5, 5.41) is 8.80. The Labute approximate surface area is 171 Å². The number of hydrogen-bond donors (Lipinski definition) is 0. The molecule has 9 heteroatoms. The van der Waals surface area contributed by atoms with Crippen LogP contribution in [0.5, 0.6) is 5.75 Å². The van der Waals surface area contributed by atoms with E-state index in [9.17, 15) is 18.0 Å². The average molecular weight is 423 g/mol. The van der Waals surface area contributed by atoms with Crippen LogP contribution in [0.4, 0.5) is 0 Å². The van der Waals surface area contributed by atoms with Gasteiger partial charge in [0, 0.05) is 12.1 Å². The van der Waals surface area contributed by atoms with Crippen molar-refractivity contribution < 1.29 is 27.5 Å². The molecule has 1 heterocycles. The Hall–Kier alpha value is -2.60. The highest BCUT2D eigenvalue weighted by atomic mass is 32.2. The smallest absolute Gasteiger partial charge is 0.347 e. The normalized spacial score (nSPS) is 19.6. The lowest BCUT2D eigenvalue weighted by atomic mass is 10.1. The van der Waals surface area contributed by atoms with E-state index in [1.165, 1.54) is 11.8 Å². The summed E-state index contributed by atoms with van der Waals surface area (Å²) in [6.07, 6.45) is 0.110. The minimum atomic E-state index is -3.14. The van der Waals surface area contributed by atoms with Gasteiger partial charge in [-0.1, -0.05) is 6.92 Å². The molecule has 1 aliphatic heterocycles. The molecular weight excluding hydrogens is 396 g/mol. The number of carbonyl (C=O) groups is 2. The van der Waals surface area contributed by atoms with Gasteiger partial charge in [0.2, 0.25) is 0 Å². The fourth-order valence-corrected chi connectivity index (χ4v) is 4.90. The Morgan fingerprint density at radius 3 is 2.45 bits per heavy atom. The molecule has 3 atom stereocenters. The first-order chi connectivity index (χ1) is 13.7. The molecule has 158 valence electrons. The van der Waals surface area contributed by atoms with Gasteiger partial charge in [-0.3, -0.25) is 4.79 Å². The van der Waals surface area contributed by atoms with Crippen LogP contribution < -0.4 is 4.74 Å². The molecule has 0 aliphatic carbocycles. The van der Waals surface area contributed by atoms with Crippen molar-refractivity contribution in [1.82, 2.24) is 4.90 Å². The zero-order chi connectivity index (χ0) is 21.6. The Balaban J connectivity index is 1.93. The van der Waals surface area contributed by atoms with Gasteiger partial charge in [-0.15, -0.1) is 0 Å². The number of nitrogens with zero attached hydrogens (tertiary/aromatic N) is 2. The lowest BCUT2D eigenvalue weighted by Crippen LogP contribution is -2.48. The molecule has 1 aromatic rings. The number of sulfone groups is 1. The van der Waals surface area contributed by atoms with E-state index in [1.807, 2.05) is 19.9 Å². The molecule has 1 aliphatic rings. The minimum absolute atomic E-state index is 0.0603. The summed E-state index contributed by atoms with van der Waals surface area (Å²) in [6, 6.07) is 7.70. The lowest BCUT2D eigenvalue weighted by molar-refractivity contribution is -0.158. The molecule has 1 aromatic carbocycles. The molecule has 0 radical (unpaired) electrons. The van der Waals surface area contributed by atoms with Crippen LogP contribution in [0, 0.1) is 11.3 Å². The summed E-state index contributed by atoms with van der Waals surface area (Å²) in [5.41, 5.74) is 0.470. The van der Waals surface area contributed by atoms with E-state index >= 15 is 0 Å². The Morgan fingerprint density at radius 1 is 1.28 bits per heavy atom. The zero-order valence-corrected chi connectivity index (χ0v) is 17.6. The summed E-state index contributed by atoms with van der Waals surface area (Å²) in [4.78, 5) is 26.4. The topological polar surface area (TPSA) is 114 Å². The monoisotopic (exact) mass is 422 g/mol. The van der Waals surface area contributed by atoms with Crippen molar-refractivity contribution in [2.75, 3.05) is 18.1 Å². The van der Waals surface area contributed by atoms with E-state index < -0.39 is 40.5 Å². The quantitative estimate of drug-likeness (QED) is 0.586. The largest absolute Gasteiger partial charge is 0.479 e. The lowest BCUT2D eigenvalue weighted by Gasteiger charge is -2.33. The molecule has 0 spiro atoms.